The van der Waals surface area contributed by atoms with Crippen LogP contribution in [0, 0.1) is 7.14 Å². The highest BCUT2D eigenvalue weighted by atomic mass is 127. The van der Waals surface area contributed by atoms with Gasteiger partial charge in [-0.25, -0.2) is 0 Å². The van der Waals surface area contributed by atoms with Crippen LogP contribution >= 0.6 is 68.4 Å². The second kappa shape index (κ2) is 8.64. The molecule has 0 heterocycles. The number of hydrogen-bond acceptors (Lipinski definition) is 2. The summed E-state index contributed by atoms with van der Waals surface area (Å²) in [5.41, 5.74) is 0. The van der Waals surface area contributed by atoms with Gasteiger partial charge in [0, 0.05) is 16.5 Å². The Kier molecular flexibility index (Phi) is 7.18. The van der Waals surface area contributed by atoms with Crippen molar-refractivity contribution >= 4 is 68.4 Å². The Morgan fingerprint density at radius 2 is 1.19 bits per heavy atom. The standard InChI is InChI=1S/C15H12Cl2I2O2/c16-10-2-4-14(12(18)8-10)20-6-1-7-21-15-5-3-11(17)9-13(15)19/h2-5,8-9H,1,6-7H2. The average molecular weight is 549 g/mol. The van der Waals surface area contributed by atoms with E-state index in [1.807, 2.05) is 36.4 Å². The molecule has 112 valence electrons. The summed E-state index contributed by atoms with van der Waals surface area (Å²) in [6.45, 7) is 1.20. The van der Waals surface area contributed by atoms with E-state index in [1.165, 1.54) is 0 Å². The molecule has 0 atom stereocenters. The Balaban J connectivity index is 1.75. The van der Waals surface area contributed by atoms with Crippen molar-refractivity contribution in [3.63, 3.8) is 0 Å². The van der Waals surface area contributed by atoms with Crippen LogP contribution in [0.3, 0.4) is 0 Å². The minimum absolute atomic E-state index is 0.599. The normalized spacial score (nSPS) is 10.5. The van der Waals surface area contributed by atoms with Crippen molar-refractivity contribution in [2.24, 2.45) is 0 Å². The van der Waals surface area contributed by atoms with E-state index in [0.717, 1.165) is 25.1 Å². The Hall–Kier alpha value is 0.0800. The SMILES string of the molecule is Clc1ccc(OCCCOc2ccc(Cl)cc2I)c(I)c1. The van der Waals surface area contributed by atoms with Gasteiger partial charge in [0.2, 0.25) is 0 Å². The molecular formula is C15H12Cl2I2O2. The van der Waals surface area contributed by atoms with Crippen molar-refractivity contribution in [2.75, 3.05) is 13.2 Å². The number of hydrogen-bond donors (Lipinski definition) is 0. The Bertz CT molecular complexity index is 567. The van der Waals surface area contributed by atoms with Crippen molar-refractivity contribution in [1.29, 1.82) is 0 Å². The van der Waals surface area contributed by atoms with Gasteiger partial charge in [-0.3, -0.25) is 0 Å². The minimum Gasteiger partial charge on any atom is -0.492 e. The van der Waals surface area contributed by atoms with Gasteiger partial charge in [0.15, 0.2) is 0 Å². The molecule has 0 saturated heterocycles. The van der Waals surface area contributed by atoms with Gasteiger partial charge in [0.05, 0.1) is 20.4 Å². The van der Waals surface area contributed by atoms with Crippen molar-refractivity contribution in [3.05, 3.63) is 53.6 Å². The molecule has 0 amide bonds. The first-order valence-electron chi connectivity index (χ1n) is 6.22. The fourth-order valence-electron chi connectivity index (χ4n) is 1.61. The van der Waals surface area contributed by atoms with Gasteiger partial charge >= 0.3 is 0 Å². The zero-order valence-electron chi connectivity index (χ0n) is 10.9. The lowest BCUT2D eigenvalue weighted by Gasteiger charge is -2.10. The van der Waals surface area contributed by atoms with Crippen LogP contribution in [0.15, 0.2) is 36.4 Å². The maximum absolute atomic E-state index is 5.90. The number of ether oxygens (including phenoxy) is 2. The van der Waals surface area contributed by atoms with Crippen molar-refractivity contribution < 1.29 is 9.47 Å². The number of benzene rings is 2. The molecule has 0 spiro atoms. The molecule has 0 aromatic heterocycles. The predicted octanol–water partition coefficient (Wildman–Crippen LogP) is 6.05. The summed E-state index contributed by atoms with van der Waals surface area (Å²) < 4.78 is 13.4. The lowest BCUT2D eigenvalue weighted by molar-refractivity contribution is 0.245. The summed E-state index contributed by atoms with van der Waals surface area (Å²) in [4.78, 5) is 0. The molecular weight excluding hydrogens is 537 g/mol. The van der Waals surface area contributed by atoms with Crippen LogP contribution in [0.1, 0.15) is 6.42 Å². The van der Waals surface area contributed by atoms with E-state index in [2.05, 4.69) is 45.2 Å². The van der Waals surface area contributed by atoms with Gasteiger partial charge in [-0.05, 0) is 81.6 Å². The second-order valence-electron chi connectivity index (χ2n) is 4.20. The third-order valence-electron chi connectivity index (χ3n) is 2.59. The highest BCUT2D eigenvalue weighted by Crippen LogP contribution is 2.25. The molecule has 21 heavy (non-hydrogen) atoms. The summed E-state index contributed by atoms with van der Waals surface area (Å²) in [5, 5.41) is 1.43. The van der Waals surface area contributed by atoms with E-state index >= 15 is 0 Å². The van der Waals surface area contributed by atoms with Crippen LogP contribution in [0.4, 0.5) is 0 Å². The first-order valence-corrected chi connectivity index (χ1v) is 9.13. The summed E-state index contributed by atoms with van der Waals surface area (Å²) in [7, 11) is 0. The molecule has 2 nitrogen and oxygen atoms in total. The van der Waals surface area contributed by atoms with E-state index in [4.69, 9.17) is 32.7 Å². The van der Waals surface area contributed by atoms with Crippen LogP contribution in [0.2, 0.25) is 10.0 Å². The molecule has 0 N–H and O–H groups in total. The van der Waals surface area contributed by atoms with Gasteiger partial charge < -0.3 is 9.47 Å². The quantitative estimate of drug-likeness (QED) is 0.323. The summed E-state index contributed by atoms with van der Waals surface area (Å²) in [5.74, 6) is 1.70. The summed E-state index contributed by atoms with van der Waals surface area (Å²) >= 11 is 16.2. The van der Waals surface area contributed by atoms with Crippen molar-refractivity contribution in [1.82, 2.24) is 0 Å². The smallest absolute Gasteiger partial charge is 0.132 e. The lowest BCUT2D eigenvalue weighted by atomic mass is 10.3. The zero-order chi connectivity index (χ0) is 15.2. The van der Waals surface area contributed by atoms with E-state index in [1.54, 1.807) is 0 Å². The van der Waals surface area contributed by atoms with E-state index in [0.29, 0.717) is 23.3 Å². The molecule has 6 heteroatoms. The Morgan fingerprint density at radius 3 is 1.57 bits per heavy atom. The Labute approximate surface area is 161 Å². The maximum Gasteiger partial charge on any atom is 0.132 e. The van der Waals surface area contributed by atoms with Crippen LogP contribution in [-0.4, -0.2) is 13.2 Å². The van der Waals surface area contributed by atoms with Gasteiger partial charge in [-0.15, -0.1) is 0 Å². The second-order valence-corrected chi connectivity index (χ2v) is 7.40. The average Bonchev–Trinajstić information content (AvgIpc) is 2.42. The van der Waals surface area contributed by atoms with Gasteiger partial charge in [0.1, 0.15) is 11.5 Å². The Morgan fingerprint density at radius 1 is 0.762 bits per heavy atom. The molecule has 0 unspecified atom stereocenters. The van der Waals surface area contributed by atoms with Crippen LogP contribution in [-0.2, 0) is 0 Å². The van der Waals surface area contributed by atoms with Crippen molar-refractivity contribution in [3.8, 4) is 11.5 Å². The van der Waals surface area contributed by atoms with E-state index in [9.17, 15) is 0 Å². The molecule has 2 aromatic rings. The number of rotatable bonds is 6. The van der Waals surface area contributed by atoms with Crippen LogP contribution in [0.25, 0.3) is 0 Å². The van der Waals surface area contributed by atoms with E-state index in [-0.39, 0.29) is 0 Å². The summed E-state index contributed by atoms with van der Waals surface area (Å²) in [6.07, 6.45) is 0.803. The molecule has 0 bridgehead atoms. The topological polar surface area (TPSA) is 18.5 Å². The molecule has 0 aliphatic rings. The largest absolute Gasteiger partial charge is 0.492 e. The molecule has 2 aromatic carbocycles. The van der Waals surface area contributed by atoms with Gasteiger partial charge in [-0.1, -0.05) is 23.2 Å². The highest BCUT2D eigenvalue weighted by molar-refractivity contribution is 14.1. The molecule has 0 aliphatic carbocycles. The third kappa shape index (κ3) is 5.65. The molecule has 0 aliphatic heterocycles. The first kappa shape index (κ1) is 17.4. The van der Waals surface area contributed by atoms with Crippen LogP contribution < -0.4 is 9.47 Å². The van der Waals surface area contributed by atoms with Gasteiger partial charge in [-0.2, -0.15) is 0 Å². The maximum atomic E-state index is 5.90. The molecule has 2 rings (SSSR count). The molecule has 0 radical (unpaired) electrons. The number of halogens is 4. The van der Waals surface area contributed by atoms with Crippen molar-refractivity contribution in [2.45, 2.75) is 6.42 Å². The fraction of sp³-hybridized carbons (Fsp3) is 0.200. The van der Waals surface area contributed by atoms with Crippen LogP contribution in [0.5, 0.6) is 11.5 Å². The highest BCUT2D eigenvalue weighted by Gasteiger charge is 2.03. The van der Waals surface area contributed by atoms with Gasteiger partial charge in [0.25, 0.3) is 0 Å². The lowest BCUT2D eigenvalue weighted by Crippen LogP contribution is -2.06. The first-order chi connectivity index (χ1) is 10.1. The van der Waals surface area contributed by atoms with E-state index < -0.39 is 0 Å². The molecule has 0 fully saturated rings. The third-order valence-corrected chi connectivity index (χ3v) is 4.75. The monoisotopic (exact) mass is 548 g/mol. The minimum atomic E-state index is 0.599. The summed E-state index contributed by atoms with van der Waals surface area (Å²) in [6, 6.07) is 11.2. The molecule has 0 saturated carbocycles. The predicted molar refractivity (Wildman–Crippen MR) is 104 cm³/mol. The zero-order valence-corrected chi connectivity index (χ0v) is 16.7. The fourth-order valence-corrected chi connectivity index (χ4v) is 3.66.